The fourth-order valence-corrected chi connectivity index (χ4v) is 6.09. The van der Waals surface area contributed by atoms with E-state index in [0.717, 1.165) is 101 Å². The predicted molar refractivity (Wildman–Crippen MR) is 209 cm³/mol. The quantitative estimate of drug-likeness (QED) is 0.121. The van der Waals surface area contributed by atoms with Gasteiger partial charge in [-0.05, 0) is 74.2 Å². The molecule has 2 heterocycles. The number of halogens is 2. The normalized spacial score (nSPS) is 10.6. The molecule has 0 amide bonds. The zero-order chi connectivity index (χ0) is 33.7. The van der Waals surface area contributed by atoms with Crippen LogP contribution in [0.4, 0.5) is 22.7 Å². The zero-order valence-electron chi connectivity index (χ0n) is 28.8. The first-order valence-corrected chi connectivity index (χ1v) is 15.8. The Morgan fingerprint density at radius 3 is 0.882 bits per heavy atom. The molecule has 0 aliphatic rings. The Labute approximate surface area is 308 Å². The number of rotatable bonds is 2. The molecule has 0 bridgehead atoms. The molecule has 0 spiro atoms. The second-order valence-corrected chi connectivity index (χ2v) is 12.4. The van der Waals surface area contributed by atoms with Gasteiger partial charge in [-0.15, -0.1) is 21.5 Å². The Bertz CT molecular complexity index is 2240. The van der Waals surface area contributed by atoms with E-state index in [2.05, 4.69) is 33.4 Å². The lowest BCUT2D eigenvalue weighted by Gasteiger charge is -2.09. The highest BCUT2D eigenvalue weighted by molar-refractivity contribution is 5.88. The molecule has 0 atom stereocenters. The Morgan fingerprint density at radius 1 is 0.412 bits per heavy atom. The van der Waals surface area contributed by atoms with Crippen LogP contribution in [-0.4, -0.2) is 15.4 Å². The van der Waals surface area contributed by atoms with Crippen molar-refractivity contribution in [3.05, 3.63) is 131 Å². The van der Waals surface area contributed by atoms with Crippen molar-refractivity contribution in [1.29, 1.82) is 0 Å². The van der Waals surface area contributed by atoms with Crippen LogP contribution in [-0.2, 0) is 0 Å². The summed E-state index contributed by atoms with van der Waals surface area (Å²) < 4.78 is 4.34. The van der Waals surface area contributed by atoms with E-state index in [1.54, 1.807) is 0 Å². The van der Waals surface area contributed by atoms with E-state index in [0.29, 0.717) is 0 Å². The van der Waals surface area contributed by atoms with Gasteiger partial charge in [0.25, 0.3) is 0 Å². The van der Waals surface area contributed by atoms with Gasteiger partial charge >= 0.3 is 0 Å². The van der Waals surface area contributed by atoms with Crippen LogP contribution in [0.2, 0.25) is 0 Å². The lowest BCUT2D eigenvalue weighted by molar-refractivity contribution is -0.538. The number of nitrogens with two attached hydrogens (primary N) is 4. The molecule has 0 radical (unpaired) electrons. The Hall–Kier alpha value is -5.74. The first-order valence-electron chi connectivity index (χ1n) is 15.8. The maximum absolute atomic E-state index is 6.17. The second kappa shape index (κ2) is 15.0. The van der Waals surface area contributed by atoms with Crippen molar-refractivity contribution in [2.24, 2.45) is 0 Å². The molecule has 51 heavy (non-hydrogen) atoms. The van der Waals surface area contributed by atoms with Gasteiger partial charge in [0.15, 0.2) is 0 Å². The van der Waals surface area contributed by atoms with E-state index >= 15 is 0 Å². The van der Waals surface area contributed by atoms with Gasteiger partial charge in [-0.2, -0.15) is 0 Å². The van der Waals surface area contributed by atoms with Gasteiger partial charge in [-0.25, -0.2) is 9.97 Å². The third-order valence-corrected chi connectivity index (χ3v) is 8.93. The van der Waals surface area contributed by atoms with Crippen molar-refractivity contribution >= 4 is 79.3 Å². The fraction of sp³-hybridized carbons (Fsp3) is 0.100. The van der Waals surface area contributed by atoms with Crippen LogP contribution >= 0.6 is 12.4 Å². The highest BCUT2D eigenvalue weighted by Crippen LogP contribution is 2.26. The Morgan fingerprint density at radius 2 is 0.647 bits per heavy atom. The summed E-state index contributed by atoms with van der Waals surface area (Å²) in [6, 6.07) is 36.5. The maximum Gasteiger partial charge on any atom is 0.239 e. The van der Waals surface area contributed by atoms with Gasteiger partial charge in [-0.3, -0.25) is 0 Å². The van der Waals surface area contributed by atoms with Crippen molar-refractivity contribution in [2.75, 3.05) is 22.9 Å². The van der Waals surface area contributed by atoms with E-state index in [-0.39, 0.29) is 30.3 Å². The van der Waals surface area contributed by atoms with Gasteiger partial charge in [0, 0.05) is 71.3 Å². The molecule has 8 aromatic rings. The second-order valence-electron chi connectivity index (χ2n) is 12.4. The lowest BCUT2D eigenvalue weighted by Crippen LogP contribution is -3.00. The number of hydrogen-bond acceptors (Lipinski definition) is 6. The predicted octanol–water partition coefficient (Wildman–Crippen LogP) is 3.49. The Balaban J connectivity index is 0.000000216. The number of para-hydroxylation sites is 2. The van der Waals surface area contributed by atoms with Crippen LogP contribution in [0.1, 0.15) is 22.3 Å². The molecule has 260 valence electrons. The minimum atomic E-state index is 0. The summed E-state index contributed by atoms with van der Waals surface area (Å²) in [5.74, 6) is 0. The smallest absolute Gasteiger partial charge is 0.239 e. The van der Waals surface area contributed by atoms with Crippen molar-refractivity contribution in [3.8, 4) is 11.4 Å². The molecule has 0 aliphatic heterocycles. The van der Waals surface area contributed by atoms with E-state index in [4.69, 9.17) is 32.9 Å². The standard InChI is InChI=1S/2C20H18N4.2ClH.H2O/c2*1-12-8-17-19(10-15(12)21)24(14-6-4-3-5-7-14)20-11-16(22)13(2)9-18(20)23-17;;;/h2*3-11H,1-2H3,(H3,21,22);2*1H;1H2/p+1. The van der Waals surface area contributed by atoms with Gasteiger partial charge in [-0.1, -0.05) is 36.4 Å². The molecule has 2 aromatic heterocycles. The molecule has 11 heteroatoms. The van der Waals surface area contributed by atoms with E-state index in [9.17, 15) is 0 Å². The molecule has 6 aromatic carbocycles. The fourth-order valence-electron chi connectivity index (χ4n) is 6.09. The molecule has 0 fully saturated rings. The number of aromatic nitrogens is 4. The van der Waals surface area contributed by atoms with E-state index in [1.807, 2.05) is 113 Å². The highest BCUT2D eigenvalue weighted by Gasteiger charge is 2.22. The molecule has 0 unspecified atom stereocenters. The first kappa shape index (κ1) is 38.1. The van der Waals surface area contributed by atoms with Crippen LogP contribution in [0, 0.1) is 27.7 Å². The number of hydrogen-bond donors (Lipinski definition) is 4. The summed E-state index contributed by atoms with van der Waals surface area (Å²) >= 11 is 0. The van der Waals surface area contributed by atoms with Crippen LogP contribution < -0.4 is 44.5 Å². The van der Waals surface area contributed by atoms with Crippen molar-refractivity contribution in [3.63, 3.8) is 0 Å². The van der Waals surface area contributed by atoms with Crippen molar-refractivity contribution in [2.45, 2.75) is 27.7 Å². The summed E-state index contributed by atoms with van der Waals surface area (Å²) in [6.07, 6.45) is 0. The molecule has 0 aliphatic carbocycles. The number of anilines is 4. The topological polar surface area (TPSA) is 169 Å². The highest BCUT2D eigenvalue weighted by atomic mass is 35.5. The molecule has 0 saturated heterocycles. The van der Waals surface area contributed by atoms with Crippen LogP contribution in [0.15, 0.2) is 109 Å². The molecule has 0 saturated carbocycles. The largest absolute Gasteiger partial charge is 1.00 e. The van der Waals surface area contributed by atoms with Gasteiger partial charge < -0.3 is 40.8 Å². The number of fused-ring (bicyclic) bond motifs is 4. The minimum Gasteiger partial charge on any atom is -1.00 e. The summed E-state index contributed by atoms with van der Waals surface area (Å²) in [7, 11) is 0. The Kier molecular flexibility index (Phi) is 11.2. The summed E-state index contributed by atoms with van der Waals surface area (Å²) in [4.78, 5) is 9.67. The lowest BCUT2D eigenvalue weighted by atomic mass is 10.1. The number of nitrogens with zero attached hydrogens (tertiary/aromatic N) is 4. The molecule has 9 nitrogen and oxygen atoms in total. The van der Waals surface area contributed by atoms with E-state index in [1.165, 1.54) is 0 Å². The molecular weight excluding hydrogens is 679 g/mol. The summed E-state index contributed by atoms with van der Waals surface area (Å²) in [5.41, 5.74) is 41.5. The van der Waals surface area contributed by atoms with Gasteiger partial charge in [0.2, 0.25) is 33.4 Å². The number of benzene rings is 6. The molecule has 10 N–H and O–H groups in total. The monoisotopic (exact) mass is 719 g/mol. The average Bonchev–Trinajstić information content (AvgIpc) is 3.07. The molecular formula is C40H41Cl2N8O+. The molecule has 8 rings (SSSR count). The summed E-state index contributed by atoms with van der Waals surface area (Å²) in [5, 5.41) is 0. The minimum absolute atomic E-state index is 0. The first-order chi connectivity index (χ1) is 23.1. The zero-order valence-corrected chi connectivity index (χ0v) is 30.3. The SMILES string of the molecule is Cc1cc2nc3cc(C)c(N)cc3[n+](-c3ccccc3)c2cc1N.Cc1cc2nc3cc(C)c(N)cc3[n+](-c3ccccc3)c2cc1N.Cl.O.[Cl-]. The van der Waals surface area contributed by atoms with E-state index < -0.39 is 0 Å². The van der Waals surface area contributed by atoms with Crippen molar-refractivity contribution < 1.29 is 27.0 Å². The van der Waals surface area contributed by atoms with Crippen LogP contribution in [0.3, 0.4) is 0 Å². The number of aryl methyl sites for hydroxylation is 4. The van der Waals surface area contributed by atoms with Crippen molar-refractivity contribution in [1.82, 2.24) is 9.97 Å². The average molecular weight is 721 g/mol. The maximum atomic E-state index is 6.17. The van der Waals surface area contributed by atoms with Crippen LogP contribution in [0.25, 0.3) is 55.5 Å². The third-order valence-electron chi connectivity index (χ3n) is 8.93. The van der Waals surface area contributed by atoms with Gasteiger partial charge in [0.05, 0.1) is 0 Å². The van der Waals surface area contributed by atoms with Gasteiger partial charge in [0.1, 0.15) is 22.1 Å². The van der Waals surface area contributed by atoms with Crippen LogP contribution in [0.5, 0.6) is 0 Å². The summed E-state index contributed by atoms with van der Waals surface area (Å²) in [6.45, 7) is 8.01. The number of nitrogen functional groups attached to an aromatic ring is 4. The third kappa shape index (κ3) is 7.00.